The lowest BCUT2D eigenvalue weighted by Crippen LogP contribution is -2.31. The smallest absolute Gasteiger partial charge is 0.276 e. The molecule has 1 fully saturated rings. The minimum atomic E-state index is -0.119. The van der Waals surface area contributed by atoms with Gasteiger partial charge in [-0.3, -0.25) is 4.79 Å². The summed E-state index contributed by atoms with van der Waals surface area (Å²) in [7, 11) is 0. The van der Waals surface area contributed by atoms with Crippen LogP contribution >= 0.6 is 0 Å². The molecule has 1 saturated heterocycles. The summed E-state index contributed by atoms with van der Waals surface area (Å²) in [6.07, 6.45) is 3.29. The summed E-state index contributed by atoms with van der Waals surface area (Å²) in [5.41, 5.74) is 1.14. The number of carbonyl (C=O) groups is 1. The SMILES string of the molecule is Cc1cc(C2CCCN2C(=O)c2cn[nH]n2)no1. The fourth-order valence-corrected chi connectivity index (χ4v) is 2.31. The summed E-state index contributed by atoms with van der Waals surface area (Å²) >= 11 is 0. The lowest BCUT2D eigenvalue weighted by atomic mass is 10.1. The molecule has 0 aliphatic carbocycles. The van der Waals surface area contributed by atoms with Crippen LogP contribution in [-0.2, 0) is 0 Å². The molecule has 94 valence electrons. The van der Waals surface area contributed by atoms with E-state index in [1.165, 1.54) is 6.20 Å². The summed E-state index contributed by atoms with van der Waals surface area (Å²) in [6.45, 7) is 2.55. The normalized spacial score (nSPS) is 19.4. The molecule has 0 bridgehead atoms. The van der Waals surface area contributed by atoms with Gasteiger partial charge in [0.2, 0.25) is 0 Å². The second-order valence-electron chi connectivity index (χ2n) is 4.37. The Bertz CT molecular complexity index is 548. The van der Waals surface area contributed by atoms with Crippen molar-refractivity contribution in [3.8, 4) is 0 Å². The van der Waals surface area contributed by atoms with E-state index in [0.717, 1.165) is 24.3 Å². The fourth-order valence-electron chi connectivity index (χ4n) is 2.31. The summed E-state index contributed by atoms with van der Waals surface area (Å²) < 4.78 is 5.07. The highest BCUT2D eigenvalue weighted by Crippen LogP contribution is 2.32. The maximum Gasteiger partial charge on any atom is 0.276 e. The monoisotopic (exact) mass is 247 g/mol. The topological polar surface area (TPSA) is 87.9 Å². The zero-order chi connectivity index (χ0) is 12.5. The van der Waals surface area contributed by atoms with Gasteiger partial charge in [-0.1, -0.05) is 5.16 Å². The van der Waals surface area contributed by atoms with Gasteiger partial charge in [0.15, 0.2) is 5.69 Å². The van der Waals surface area contributed by atoms with Crippen molar-refractivity contribution in [2.45, 2.75) is 25.8 Å². The molecule has 7 heteroatoms. The van der Waals surface area contributed by atoms with Crippen molar-refractivity contribution in [3.05, 3.63) is 29.4 Å². The maximum absolute atomic E-state index is 12.2. The number of hydrogen-bond acceptors (Lipinski definition) is 5. The molecule has 0 saturated carbocycles. The Kier molecular flexibility index (Phi) is 2.58. The molecule has 3 rings (SSSR count). The first-order valence-electron chi connectivity index (χ1n) is 5.85. The lowest BCUT2D eigenvalue weighted by Gasteiger charge is -2.21. The Labute approximate surface area is 103 Å². The Morgan fingerprint density at radius 3 is 3.17 bits per heavy atom. The van der Waals surface area contributed by atoms with E-state index in [1.54, 1.807) is 4.90 Å². The van der Waals surface area contributed by atoms with Crippen molar-refractivity contribution in [1.29, 1.82) is 0 Å². The van der Waals surface area contributed by atoms with E-state index in [9.17, 15) is 4.79 Å². The van der Waals surface area contributed by atoms with Gasteiger partial charge >= 0.3 is 0 Å². The third-order valence-electron chi connectivity index (χ3n) is 3.14. The van der Waals surface area contributed by atoms with Crippen LogP contribution in [0.25, 0.3) is 0 Å². The van der Waals surface area contributed by atoms with E-state index in [-0.39, 0.29) is 11.9 Å². The van der Waals surface area contributed by atoms with E-state index in [4.69, 9.17) is 4.52 Å². The molecule has 1 aliphatic rings. The fraction of sp³-hybridized carbons (Fsp3) is 0.455. The highest BCUT2D eigenvalue weighted by Gasteiger charge is 2.33. The number of rotatable bonds is 2. The quantitative estimate of drug-likeness (QED) is 0.857. The predicted molar refractivity (Wildman–Crippen MR) is 60.6 cm³/mol. The standard InChI is InChI=1S/C11H13N5O2/c1-7-5-8(14-18-7)10-3-2-4-16(10)11(17)9-6-12-15-13-9/h5-6,10H,2-4H2,1H3,(H,12,13,15). The summed E-state index contributed by atoms with van der Waals surface area (Å²) in [4.78, 5) is 14.0. The molecule has 2 aromatic heterocycles. The van der Waals surface area contributed by atoms with Gasteiger partial charge in [0.05, 0.1) is 12.2 Å². The summed E-state index contributed by atoms with van der Waals surface area (Å²) in [5, 5.41) is 13.9. The van der Waals surface area contributed by atoms with Gasteiger partial charge in [0, 0.05) is 12.6 Å². The minimum absolute atomic E-state index is 0.0216. The van der Waals surface area contributed by atoms with Crippen molar-refractivity contribution in [2.75, 3.05) is 6.54 Å². The molecule has 0 spiro atoms. The molecule has 0 aromatic carbocycles. The van der Waals surface area contributed by atoms with Crippen LogP contribution in [-0.4, -0.2) is 37.9 Å². The molecule has 3 heterocycles. The molecule has 1 amide bonds. The molecule has 1 atom stereocenters. The van der Waals surface area contributed by atoms with Crippen molar-refractivity contribution >= 4 is 5.91 Å². The number of H-pyrrole nitrogens is 1. The number of aryl methyl sites for hydroxylation is 1. The third-order valence-corrected chi connectivity index (χ3v) is 3.14. The van der Waals surface area contributed by atoms with Crippen molar-refractivity contribution < 1.29 is 9.32 Å². The van der Waals surface area contributed by atoms with E-state index >= 15 is 0 Å². The first kappa shape index (κ1) is 10.9. The Morgan fingerprint density at radius 1 is 1.61 bits per heavy atom. The molecule has 1 unspecified atom stereocenters. The first-order valence-corrected chi connectivity index (χ1v) is 5.85. The molecule has 18 heavy (non-hydrogen) atoms. The summed E-state index contributed by atoms with van der Waals surface area (Å²) in [5.74, 6) is 0.637. The molecule has 1 aliphatic heterocycles. The van der Waals surface area contributed by atoms with Crippen LogP contribution in [0.15, 0.2) is 16.8 Å². The van der Waals surface area contributed by atoms with E-state index < -0.39 is 0 Å². The second-order valence-corrected chi connectivity index (χ2v) is 4.37. The number of nitrogens with zero attached hydrogens (tertiary/aromatic N) is 4. The zero-order valence-corrected chi connectivity index (χ0v) is 9.96. The van der Waals surface area contributed by atoms with Crippen LogP contribution in [0.1, 0.15) is 40.8 Å². The minimum Gasteiger partial charge on any atom is -0.361 e. The highest BCUT2D eigenvalue weighted by atomic mass is 16.5. The zero-order valence-electron chi connectivity index (χ0n) is 9.96. The number of amides is 1. The van der Waals surface area contributed by atoms with Crippen LogP contribution in [0.5, 0.6) is 0 Å². The van der Waals surface area contributed by atoms with Crippen molar-refractivity contribution in [3.63, 3.8) is 0 Å². The Morgan fingerprint density at radius 2 is 2.50 bits per heavy atom. The van der Waals surface area contributed by atoms with E-state index in [0.29, 0.717) is 12.2 Å². The van der Waals surface area contributed by atoms with Gasteiger partial charge in [-0.25, -0.2) is 0 Å². The molecule has 0 radical (unpaired) electrons. The predicted octanol–water partition coefficient (Wildman–Crippen LogP) is 1.08. The van der Waals surface area contributed by atoms with Gasteiger partial charge in [-0.2, -0.15) is 15.4 Å². The van der Waals surface area contributed by atoms with Crippen LogP contribution in [0.3, 0.4) is 0 Å². The van der Waals surface area contributed by atoms with Crippen LogP contribution in [0, 0.1) is 6.92 Å². The van der Waals surface area contributed by atoms with Crippen LogP contribution in [0.2, 0.25) is 0 Å². The average Bonchev–Trinajstić information content (AvgIpc) is 3.09. The first-order chi connectivity index (χ1) is 8.75. The molecule has 7 nitrogen and oxygen atoms in total. The highest BCUT2D eigenvalue weighted by molar-refractivity contribution is 5.92. The molecular formula is C11H13N5O2. The molecule has 1 N–H and O–H groups in total. The van der Waals surface area contributed by atoms with Crippen LogP contribution < -0.4 is 0 Å². The van der Waals surface area contributed by atoms with Gasteiger partial charge in [-0.05, 0) is 19.8 Å². The number of carbonyl (C=O) groups excluding carboxylic acids is 1. The molecular weight excluding hydrogens is 234 g/mol. The second kappa shape index (κ2) is 4.25. The maximum atomic E-state index is 12.2. The number of likely N-dealkylation sites (tertiary alicyclic amines) is 1. The van der Waals surface area contributed by atoms with Gasteiger partial charge in [0.25, 0.3) is 5.91 Å². The number of nitrogens with one attached hydrogen (secondary N) is 1. The molecule has 2 aromatic rings. The number of aromatic nitrogens is 4. The van der Waals surface area contributed by atoms with Crippen LogP contribution in [0.4, 0.5) is 0 Å². The Balaban J connectivity index is 1.85. The average molecular weight is 247 g/mol. The number of aromatic amines is 1. The number of hydrogen-bond donors (Lipinski definition) is 1. The van der Waals surface area contributed by atoms with Gasteiger partial charge < -0.3 is 9.42 Å². The lowest BCUT2D eigenvalue weighted by molar-refractivity contribution is 0.0725. The van der Waals surface area contributed by atoms with Crippen molar-refractivity contribution in [2.24, 2.45) is 0 Å². The summed E-state index contributed by atoms with van der Waals surface area (Å²) in [6, 6.07) is 1.85. The Hall–Kier alpha value is -2.18. The van der Waals surface area contributed by atoms with Crippen molar-refractivity contribution in [1.82, 2.24) is 25.5 Å². The van der Waals surface area contributed by atoms with Gasteiger partial charge in [0.1, 0.15) is 11.5 Å². The van der Waals surface area contributed by atoms with Gasteiger partial charge in [-0.15, -0.1) is 0 Å². The van der Waals surface area contributed by atoms with E-state index in [2.05, 4.69) is 20.6 Å². The third kappa shape index (κ3) is 1.77. The largest absolute Gasteiger partial charge is 0.361 e. The van der Waals surface area contributed by atoms with E-state index in [1.807, 2.05) is 13.0 Å².